The lowest BCUT2D eigenvalue weighted by atomic mass is 10.3. The molecule has 8 heteroatoms. The van der Waals surface area contributed by atoms with E-state index >= 15 is 0 Å². The Bertz CT molecular complexity index is 541. The zero-order valence-corrected chi connectivity index (χ0v) is 13.3. The Morgan fingerprint density at radius 2 is 1.21 bits per heavy atom. The molecule has 2 aromatic heterocycles. The summed E-state index contributed by atoms with van der Waals surface area (Å²) in [7, 11) is 0. The van der Waals surface area contributed by atoms with Crippen LogP contribution >= 0.6 is 0 Å². The molecule has 0 radical (unpaired) electrons. The molecule has 4 N–H and O–H groups in total. The first-order chi connectivity index (χ1) is 11.7. The first-order valence-corrected chi connectivity index (χ1v) is 7.82. The third-order valence-electron chi connectivity index (χ3n) is 3.18. The molecule has 0 atom stereocenters. The van der Waals surface area contributed by atoms with E-state index in [-0.39, 0.29) is 12.1 Å². The van der Waals surface area contributed by atoms with Gasteiger partial charge in [-0.2, -0.15) is 0 Å². The quantitative estimate of drug-likeness (QED) is 0.526. The maximum atomic E-state index is 11.5. The highest BCUT2D eigenvalue weighted by atomic mass is 16.3. The Balaban J connectivity index is 1.42. The molecule has 2 rings (SSSR count). The predicted octanol–water partition coefficient (Wildman–Crippen LogP) is 1.95. The molecule has 0 unspecified atom stereocenters. The SMILES string of the molecule is O=C(NCCCCNC(=O)NCc1ccco1)NCc1ccco1. The van der Waals surface area contributed by atoms with Crippen molar-refractivity contribution in [3.63, 3.8) is 0 Å². The van der Waals surface area contributed by atoms with E-state index in [1.54, 1.807) is 36.8 Å². The van der Waals surface area contributed by atoms with Gasteiger partial charge < -0.3 is 30.1 Å². The number of hydrogen-bond donors (Lipinski definition) is 4. The lowest BCUT2D eigenvalue weighted by Crippen LogP contribution is -2.37. The minimum atomic E-state index is -0.240. The van der Waals surface area contributed by atoms with Gasteiger partial charge in [-0.25, -0.2) is 9.59 Å². The topological polar surface area (TPSA) is 109 Å². The van der Waals surface area contributed by atoms with Gasteiger partial charge in [0, 0.05) is 13.1 Å². The van der Waals surface area contributed by atoms with Gasteiger partial charge in [-0.3, -0.25) is 0 Å². The highest BCUT2D eigenvalue weighted by Crippen LogP contribution is 1.98. The Hall–Kier alpha value is -2.90. The first-order valence-electron chi connectivity index (χ1n) is 7.82. The molecule has 0 aliphatic carbocycles. The van der Waals surface area contributed by atoms with Crippen molar-refractivity contribution in [1.29, 1.82) is 0 Å². The highest BCUT2D eigenvalue weighted by Gasteiger charge is 2.03. The van der Waals surface area contributed by atoms with Crippen molar-refractivity contribution in [1.82, 2.24) is 21.3 Å². The van der Waals surface area contributed by atoms with E-state index < -0.39 is 0 Å². The smallest absolute Gasteiger partial charge is 0.315 e. The summed E-state index contributed by atoms with van der Waals surface area (Å²) >= 11 is 0. The van der Waals surface area contributed by atoms with E-state index in [2.05, 4.69) is 21.3 Å². The zero-order chi connectivity index (χ0) is 17.0. The van der Waals surface area contributed by atoms with Crippen LogP contribution in [0.2, 0.25) is 0 Å². The second-order valence-corrected chi connectivity index (χ2v) is 5.08. The lowest BCUT2D eigenvalue weighted by Gasteiger charge is -2.08. The monoisotopic (exact) mass is 334 g/mol. The van der Waals surface area contributed by atoms with Gasteiger partial charge in [0.15, 0.2) is 0 Å². The fraction of sp³-hybridized carbons (Fsp3) is 0.375. The standard InChI is InChI=1S/C16H22N4O4/c21-15(19-11-13-5-3-9-23-13)17-7-1-2-8-18-16(22)20-12-14-6-4-10-24-14/h3-6,9-10H,1-2,7-8,11-12H2,(H2,17,19,21)(H2,18,20,22). The Labute approximate surface area is 140 Å². The van der Waals surface area contributed by atoms with Gasteiger partial charge in [-0.15, -0.1) is 0 Å². The molecule has 0 aliphatic heterocycles. The summed E-state index contributed by atoms with van der Waals surface area (Å²) in [6.07, 6.45) is 4.67. The van der Waals surface area contributed by atoms with Crippen LogP contribution in [0.4, 0.5) is 9.59 Å². The number of amides is 4. The van der Waals surface area contributed by atoms with Crippen LogP contribution in [0.5, 0.6) is 0 Å². The van der Waals surface area contributed by atoms with Crippen molar-refractivity contribution >= 4 is 12.1 Å². The molecular formula is C16H22N4O4. The summed E-state index contributed by atoms with van der Waals surface area (Å²) in [5.41, 5.74) is 0. The number of furan rings is 2. The van der Waals surface area contributed by atoms with Crippen molar-refractivity contribution < 1.29 is 18.4 Å². The summed E-state index contributed by atoms with van der Waals surface area (Å²) in [6, 6.07) is 6.65. The molecule has 0 fully saturated rings. The number of urea groups is 2. The molecule has 8 nitrogen and oxygen atoms in total. The largest absolute Gasteiger partial charge is 0.467 e. The van der Waals surface area contributed by atoms with E-state index in [1.807, 2.05) is 0 Å². The Morgan fingerprint density at radius 3 is 1.58 bits per heavy atom. The normalized spacial score (nSPS) is 10.2. The summed E-state index contributed by atoms with van der Waals surface area (Å²) < 4.78 is 10.2. The summed E-state index contributed by atoms with van der Waals surface area (Å²) in [5, 5.41) is 10.9. The van der Waals surface area contributed by atoms with Crippen LogP contribution in [0.15, 0.2) is 45.6 Å². The van der Waals surface area contributed by atoms with E-state index in [9.17, 15) is 9.59 Å². The minimum absolute atomic E-state index is 0.240. The Morgan fingerprint density at radius 1 is 0.750 bits per heavy atom. The van der Waals surface area contributed by atoms with Crippen LogP contribution in [0, 0.1) is 0 Å². The number of rotatable bonds is 9. The molecular weight excluding hydrogens is 312 g/mol. The van der Waals surface area contributed by atoms with Gasteiger partial charge in [0.1, 0.15) is 11.5 Å². The van der Waals surface area contributed by atoms with Crippen molar-refractivity contribution in [3.8, 4) is 0 Å². The van der Waals surface area contributed by atoms with Gasteiger partial charge >= 0.3 is 12.1 Å². The molecule has 0 spiro atoms. The minimum Gasteiger partial charge on any atom is -0.467 e. The predicted molar refractivity (Wildman–Crippen MR) is 87.1 cm³/mol. The zero-order valence-electron chi connectivity index (χ0n) is 13.3. The molecule has 0 aliphatic rings. The van der Waals surface area contributed by atoms with Gasteiger partial charge in [0.25, 0.3) is 0 Å². The van der Waals surface area contributed by atoms with Gasteiger partial charge in [-0.1, -0.05) is 0 Å². The van der Waals surface area contributed by atoms with Gasteiger partial charge in [0.05, 0.1) is 25.6 Å². The molecule has 0 bridgehead atoms. The molecule has 0 saturated heterocycles. The van der Waals surface area contributed by atoms with Gasteiger partial charge in [0.2, 0.25) is 0 Å². The third kappa shape index (κ3) is 6.91. The number of carbonyl (C=O) groups excluding carboxylic acids is 2. The van der Waals surface area contributed by atoms with Crippen LogP contribution < -0.4 is 21.3 Å². The molecule has 2 aromatic rings. The molecule has 0 saturated carbocycles. The summed E-state index contributed by atoms with van der Waals surface area (Å²) in [5.74, 6) is 1.41. The Kier molecular flexibility index (Phi) is 7.26. The second kappa shape index (κ2) is 9.98. The summed E-state index contributed by atoms with van der Waals surface area (Å²) in [6.45, 7) is 1.80. The third-order valence-corrected chi connectivity index (χ3v) is 3.18. The van der Waals surface area contributed by atoms with Crippen LogP contribution in [-0.4, -0.2) is 25.2 Å². The number of unbranched alkanes of at least 4 members (excludes halogenated alkanes) is 1. The van der Waals surface area contributed by atoms with Crippen molar-refractivity contribution in [2.24, 2.45) is 0 Å². The number of hydrogen-bond acceptors (Lipinski definition) is 4. The fourth-order valence-electron chi connectivity index (χ4n) is 1.94. The van der Waals surface area contributed by atoms with Crippen LogP contribution in [0.3, 0.4) is 0 Å². The highest BCUT2D eigenvalue weighted by molar-refractivity contribution is 5.74. The second-order valence-electron chi connectivity index (χ2n) is 5.08. The summed E-state index contributed by atoms with van der Waals surface area (Å²) in [4.78, 5) is 23.0. The van der Waals surface area contributed by atoms with E-state index in [4.69, 9.17) is 8.83 Å². The van der Waals surface area contributed by atoms with Crippen LogP contribution in [0.25, 0.3) is 0 Å². The lowest BCUT2D eigenvalue weighted by molar-refractivity contribution is 0.237. The van der Waals surface area contributed by atoms with E-state index in [1.165, 1.54) is 0 Å². The van der Waals surface area contributed by atoms with Crippen molar-refractivity contribution in [2.45, 2.75) is 25.9 Å². The van der Waals surface area contributed by atoms with E-state index in [0.29, 0.717) is 37.7 Å². The number of nitrogens with one attached hydrogen (secondary N) is 4. The average Bonchev–Trinajstić information content (AvgIpc) is 3.27. The fourth-order valence-corrected chi connectivity index (χ4v) is 1.94. The maximum Gasteiger partial charge on any atom is 0.315 e. The maximum absolute atomic E-state index is 11.5. The average molecular weight is 334 g/mol. The van der Waals surface area contributed by atoms with Gasteiger partial charge in [-0.05, 0) is 37.1 Å². The first kappa shape index (κ1) is 17.5. The van der Waals surface area contributed by atoms with E-state index in [0.717, 1.165) is 12.8 Å². The van der Waals surface area contributed by atoms with Crippen molar-refractivity contribution in [3.05, 3.63) is 48.3 Å². The van der Waals surface area contributed by atoms with Crippen molar-refractivity contribution in [2.75, 3.05) is 13.1 Å². The molecule has 0 aromatic carbocycles. The molecule has 24 heavy (non-hydrogen) atoms. The molecule has 4 amide bonds. The molecule has 130 valence electrons. The van der Waals surface area contributed by atoms with Crippen LogP contribution in [-0.2, 0) is 13.1 Å². The molecule has 2 heterocycles. The number of carbonyl (C=O) groups is 2. The van der Waals surface area contributed by atoms with Crippen LogP contribution in [0.1, 0.15) is 24.4 Å².